The van der Waals surface area contributed by atoms with Gasteiger partial charge in [0.2, 0.25) is 0 Å². The predicted molar refractivity (Wildman–Crippen MR) is 41.3 cm³/mol. The second-order valence-electron chi connectivity index (χ2n) is 0.519. The minimum absolute atomic E-state index is 0. The quantitative estimate of drug-likeness (QED) is 0.517. The van der Waals surface area contributed by atoms with Gasteiger partial charge >= 0.3 is 0 Å². The Morgan fingerprint density at radius 3 is 1.57 bits per heavy atom. The maximum absolute atomic E-state index is 9.00. The second kappa shape index (κ2) is 15.7. The van der Waals surface area contributed by atoms with Crippen molar-refractivity contribution in [2.45, 2.75) is 6.92 Å². The van der Waals surface area contributed by atoms with E-state index in [1.165, 1.54) is 0 Å². The van der Waals surface area contributed by atoms with E-state index in [0.717, 1.165) is 6.92 Å². The summed E-state index contributed by atoms with van der Waals surface area (Å²) in [5, 5.41) is 7.42. The van der Waals surface area contributed by atoms with Crippen LogP contribution in [-0.2, 0) is 21.9 Å². The molecule has 0 aromatic rings. The molecule has 0 aromatic heterocycles. The van der Waals surface area contributed by atoms with Crippen LogP contribution >= 0.6 is 37.2 Å². The summed E-state index contributed by atoms with van der Waals surface area (Å²) in [4.78, 5) is 9.00. The third-order valence-electron chi connectivity index (χ3n) is 0. The maximum Gasteiger partial charge on any atom is 0.300 e. The van der Waals surface area contributed by atoms with Gasteiger partial charge in [-0.1, -0.05) is 0 Å². The molecule has 0 bridgehead atoms. The summed E-state index contributed by atoms with van der Waals surface area (Å²) < 4.78 is 0. The largest absolute Gasteiger partial charge is 0.481 e. The van der Waals surface area contributed by atoms with E-state index in [4.69, 9.17) is 9.90 Å². The van der Waals surface area contributed by atoms with Gasteiger partial charge in [-0.15, -0.1) is 0 Å². The fourth-order valence-electron chi connectivity index (χ4n) is 0. The van der Waals surface area contributed by atoms with Crippen LogP contribution in [0.1, 0.15) is 6.92 Å². The first kappa shape index (κ1) is 15.8. The number of carboxylic acids is 1. The molecule has 0 aliphatic carbocycles. The summed E-state index contributed by atoms with van der Waals surface area (Å²) >= 11 is 4.24. The van der Waals surface area contributed by atoms with Crippen LogP contribution in [0.5, 0.6) is 0 Å². The van der Waals surface area contributed by atoms with Crippen LogP contribution in [0.3, 0.4) is 0 Å². The summed E-state index contributed by atoms with van der Waals surface area (Å²) in [6, 6.07) is 0. The molecule has 0 heterocycles. The molecule has 0 rings (SSSR count). The Hall–Kier alpha value is 1.45. The molecule has 0 saturated carbocycles. The van der Waals surface area contributed by atoms with Crippen molar-refractivity contribution in [3.05, 3.63) is 0 Å². The fourth-order valence-corrected chi connectivity index (χ4v) is 0. The van der Waals surface area contributed by atoms with Gasteiger partial charge in [0.15, 0.2) is 0 Å². The van der Waals surface area contributed by atoms with Gasteiger partial charge in [0.1, 0.15) is 0 Å². The minimum atomic E-state index is -0.833. The molecular formula is C2H4CuI2O2. The molecule has 0 fully saturated rings. The van der Waals surface area contributed by atoms with Crippen molar-refractivity contribution < 1.29 is 27.0 Å². The molecule has 0 unspecified atom stereocenters. The van der Waals surface area contributed by atoms with Gasteiger partial charge in [0.05, 0.1) is 0 Å². The molecular weight excluding hydrogens is 373 g/mol. The summed E-state index contributed by atoms with van der Waals surface area (Å²) in [6.45, 7) is 1.08. The predicted octanol–water partition coefficient (Wildman–Crippen LogP) is 1.86. The van der Waals surface area contributed by atoms with Gasteiger partial charge in [0, 0.05) is 61.2 Å². The van der Waals surface area contributed by atoms with E-state index in [-0.39, 0.29) is 17.1 Å². The van der Waals surface area contributed by atoms with Crippen molar-refractivity contribution in [2.75, 3.05) is 0 Å². The van der Waals surface area contributed by atoms with Crippen LogP contribution in [0, 0.1) is 0 Å². The molecule has 2 nitrogen and oxygen atoms in total. The van der Waals surface area contributed by atoms with Crippen molar-refractivity contribution in [2.24, 2.45) is 0 Å². The summed E-state index contributed by atoms with van der Waals surface area (Å²) in [6.07, 6.45) is 0. The molecule has 0 atom stereocenters. The van der Waals surface area contributed by atoms with Crippen LogP contribution in [0.2, 0.25) is 0 Å². The Labute approximate surface area is 76.2 Å². The van der Waals surface area contributed by atoms with Crippen molar-refractivity contribution in [1.82, 2.24) is 0 Å². The zero-order chi connectivity index (χ0) is 5.58. The molecule has 0 aliphatic heterocycles. The van der Waals surface area contributed by atoms with Crippen LogP contribution < -0.4 is 0 Å². The van der Waals surface area contributed by atoms with Crippen LogP contribution in [0.15, 0.2) is 0 Å². The topological polar surface area (TPSA) is 37.3 Å². The summed E-state index contributed by atoms with van der Waals surface area (Å²) in [5.74, 6) is -0.833. The number of hydrogen-bond acceptors (Lipinski definition) is 1. The first-order valence-corrected chi connectivity index (χ1v) is 7.36. The van der Waals surface area contributed by atoms with E-state index in [1.54, 1.807) is 0 Å². The van der Waals surface area contributed by atoms with Gasteiger partial charge in [-0.05, 0) is 0 Å². The van der Waals surface area contributed by atoms with Gasteiger partial charge < -0.3 is 5.11 Å². The van der Waals surface area contributed by atoms with Crippen LogP contribution in [0.25, 0.3) is 0 Å². The van der Waals surface area contributed by atoms with E-state index < -0.39 is 5.97 Å². The fraction of sp³-hybridized carbons (Fsp3) is 0.500. The molecule has 7 heavy (non-hydrogen) atoms. The average Bonchev–Trinajstić information content (AvgIpc) is 1.41. The molecule has 0 saturated heterocycles. The van der Waals surface area contributed by atoms with E-state index in [9.17, 15) is 0 Å². The third kappa shape index (κ3) is 105. The van der Waals surface area contributed by atoms with Gasteiger partial charge in [0.25, 0.3) is 5.97 Å². The molecule has 0 aromatic carbocycles. The first-order valence-electron chi connectivity index (χ1n) is 1.07. The van der Waals surface area contributed by atoms with Crippen LogP contribution in [0.4, 0.5) is 0 Å². The van der Waals surface area contributed by atoms with Gasteiger partial charge in [-0.25, -0.2) is 0 Å². The van der Waals surface area contributed by atoms with Crippen molar-refractivity contribution in [3.63, 3.8) is 0 Å². The Bertz CT molecular complexity index is 36.7. The molecule has 0 aliphatic rings. The Kier molecular flexibility index (Phi) is 35.3. The molecule has 49 valence electrons. The smallest absolute Gasteiger partial charge is 0.300 e. The normalized spacial score (nSPS) is 4.43. The average molecular weight is 377 g/mol. The van der Waals surface area contributed by atoms with E-state index in [1.807, 2.05) is 0 Å². The Morgan fingerprint density at radius 2 is 1.57 bits per heavy atom. The Morgan fingerprint density at radius 1 is 1.57 bits per heavy atom. The van der Waals surface area contributed by atoms with E-state index in [2.05, 4.69) is 37.2 Å². The summed E-state index contributed by atoms with van der Waals surface area (Å²) in [7, 11) is 0. The molecule has 5 heteroatoms. The minimum Gasteiger partial charge on any atom is -0.481 e. The number of carbonyl (C=O) groups is 1. The monoisotopic (exact) mass is 377 g/mol. The molecule has 0 spiro atoms. The zero-order valence-corrected chi connectivity index (χ0v) is 8.67. The van der Waals surface area contributed by atoms with Gasteiger partial charge in [-0.3, -0.25) is 4.79 Å². The maximum atomic E-state index is 9.00. The van der Waals surface area contributed by atoms with Gasteiger partial charge in [-0.2, -0.15) is 0 Å². The standard InChI is InChI=1S/C2H4O2.Cu.I2/c1-2(3)4;;1-2/h1H3,(H,3,4);;. The molecule has 1 radical (unpaired) electrons. The first-order chi connectivity index (χ1) is 2.73. The number of carboxylic acid groups (broad SMARTS) is 1. The third-order valence-corrected chi connectivity index (χ3v) is 0. The van der Waals surface area contributed by atoms with Crippen LogP contribution in [-0.4, -0.2) is 11.1 Å². The zero-order valence-electron chi connectivity index (χ0n) is 3.41. The van der Waals surface area contributed by atoms with Crippen molar-refractivity contribution in [3.8, 4) is 0 Å². The number of aliphatic carboxylic acids is 1. The number of hydrogen-bond donors (Lipinski definition) is 1. The molecule has 0 amide bonds. The van der Waals surface area contributed by atoms with Crippen molar-refractivity contribution in [1.29, 1.82) is 0 Å². The Balaban J connectivity index is -0.0000000480. The number of halogens is 2. The van der Waals surface area contributed by atoms with Crippen molar-refractivity contribution >= 4 is 43.2 Å². The SMILES string of the molecule is CC(=O)O.II.[Cu]. The van der Waals surface area contributed by atoms with E-state index in [0.29, 0.717) is 0 Å². The number of rotatable bonds is 0. The summed E-state index contributed by atoms with van der Waals surface area (Å²) in [5.41, 5.74) is 0. The second-order valence-corrected chi connectivity index (χ2v) is 0.519. The van der Waals surface area contributed by atoms with E-state index >= 15 is 0 Å². The molecule has 1 N–H and O–H groups in total.